The number of phosphoric ester groups is 1. The lowest BCUT2D eigenvalue weighted by molar-refractivity contribution is 0.0393. The van der Waals surface area contributed by atoms with E-state index in [1.54, 1.807) is 0 Å². The zero-order valence-corrected chi connectivity index (χ0v) is 18.9. The number of phosphoric acid groups is 1. The maximum absolute atomic E-state index is 13.1. The van der Waals surface area contributed by atoms with Crippen molar-refractivity contribution in [2.75, 3.05) is 0 Å². The molecule has 0 amide bonds. The Labute approximate surface area is 162 Å². The fourth-order valence-electron chi connectivity index (χ4n) is 1.41. The van der Waals surface area contributed by atoms with Crippen LogP contribution in [-0.4, -0.2) is 27.6 Å². The Hall–Kier alpha value is 1.42. The zero-order valence-electron chi connectivity index (χ0n) is 14.1. The summed E-state index contributed by atoms with van der Waals surface area (Å²) in [5.41, 5.74) is -4.09. The minimum Gasteiger partial charge on any atom is -0.287 e. The molecule has 0 aromatic carbocycles. The first-order valence-electron chi connectivity index (χ1n) is 6.83. The van der Waals surface area contributed by atoms with Gasteiger partial charge in [0.05, 0.1) is 0 Å². The number of hydrogen-bond acceptors (Lipinski definition) is 7. The van der Waals surface area contributed by atoms with Crippen LogP contribution >= 0.6 is 61.8 Å². The first-order chi connectivity index (χ1) is 10.6. The van der Waals surface area contributed by atoms with Crippen molar-refractivity contribution in [2.24, 2.45) is 0 Å². The highest BCUT2D eigenvalue weighted by atomic mass is 35.5. The van der Waals surface area contributed by atoms with Gasteiger partial charge in [-0.05, 0) is 41.5 Å². The molecule has 0 aromatic rings. The van der Waals surface area contributed by atoms with Crippen LogP contribution in [0.4, 0.5) is 0 Å². The maximum atomic E-state index is 13.1. The summed E-state index contributed by atoms with van der Waals surface area (Å²) in [6, 6.07) is 0. The first-order valence-corrected chi connectivity index (χ1v) is 11.6. The molecular weight excluding hydrogens is 448 g/mol. The lowest BCUT2D eigenvalue weighted by Crippen LogP contribution is -2.29. The zero-order chi connectivity index (χ0) is 19.3. The van der Waals surface area contributed by atoms with Crippen molar-refractivity contribution >= 4 is 61.8 Å². The Morgan fingerprint density at radius 1 is 0.708 bits per heavy atom. The van der Waals surface area contributed by atoms with Gasteiger partial charge in [-0.15, -0.1) is 0 Å². The smallest absolute Gasteiger partial charge is 0.287 e. The Kier molecular flexibility index (Phi) is 10.7. The molecule has 0 radical (unpaired) electrons. The predicted octanol–water partition coefficient (Wildman–Crippen LogP) is 6.45. The molecule has 0 aliphatic rings. The van der Waals surface area contributed by atoms with Gasteiger partial charge >= 0.3 is 15.4 Å². The second-order valence-corrected chi connectivity index (χ2v) is 11.5. The Morgan fingerprint density at radius 2 is 1.00 bits per heavy atom. The monoisotopic (exact) mass is 468 g/mol. The molecule has 13 heteroatoms. The highest BCUT2D eigenvalue weighted by molar-refractivity contribution is 7.57. The van der Waals surface area contributed by atoms with E-state index in [4.69, 9.17) is 69.0 Å². The molecule has 0 N–H and O–H groups in total. The maximum Gasteiger partial charge on any atom is 0.478 e. The molecule has 24 heavy (non-hydrogen) atoms. The lowest BCUT2D eigenvalue weighted by atomic mass is 10.5. The summed E-state index contributed by atoms with van der Waals surface area (Å²) in [5.74, 6) is 0. The number of hydrogen-bond donors (Lipinski definition) is 0. The van der Waals surface area contributed by atoms with E-state index in [-0.39, 0.29) is 0 Å². The third-order valence-corrected chi connectivity index (χ3v) is 7.54. The Bertz CT molecular complexity index is 457. The predicted molar refractivity (Wildman–Crippen MR) is 96.0 cm³/mol. The molecular formula is C11H22Cl4O7P2. The van der Waals surface area contributed by atoms with Crippen LogP contribution in [0.2, 0.25) is 0 Å². The van der Waals surface area contributed by atoms with Gasteiger partial charge in [-0.3, -0.25) is 27.2 Å². The number of rotatable bonds is 11. The Balaban J connectivity index is 5.68. The van der Waals surface area contributed by atoms with E-state index in [0.29, 0.717) is 0 Å². The Morgan fingerprint density at radius 3 is 1.25 bits per heavy atom. The molecule has 0 saturated carbocycles. The van der Waals surface area contributed by atoms with Crippen molar-refractivity contribution in [2.45, 2.75) is 69.1 Å². The van der Waals surface area contributed by atoms with Crippen molar-refractivity contribution in [1.82, 2.24) is 0 Å². The van der Waals surface area contributed by atoms with Gasteiger partial charge in [0.15, 0.2) is 5.34 Å². The van der Waals surface area contributed by atoms with Crippen molar-refractivity contribution in [3.63, 3.8) is 0 Å². The van der Waals surface area contributed by atoms with E-state index in [1.807, 2.05) is 0 Å². The summed E-state index contributed by atoms with van der Waals surface area (Å²) in [6.07, 6.45) is 0. The SMILES string of the molecule is CC(Cl)OP(=O)(OC(C)Cl)OC(C)(C)P(=O)(OC(C)Cl)OC(C)Cl. The van der Waals surface area contributed by atoms with Crippen molar-refractivity contribution in [3.05, 3.63) is 0 Å². The van der Waals surface area contributed by atoms with Gasteiger partial charge in [-0.2, -0.15) is 0 Å². The molecule has 4 unspecified atom stereocenters. The van der Waals surface area contributed by atoms with Gasteiger partial charge < -0.3 is 0 Å². The van der Waals surface area contributed by atoms with E-state index in [9.17, 15) is 9.13 Å². The summed E-state index contributed by atoms with van der Waals surface area (Å²) in [7, 11) is -8.44. The van der Waals surface area contributed by atoms with Crippen LogP contribution in [0.3, 0.4) is 0 Å². The fraction of sp³-hybridized carbons (Fsp3) is 1.00. The molecule has 0 aliphatic heterocycles. The molecule has 146 valence electrons. The van der Waals surface area contributed by atoms with E-state index in [0.717, 1.165) is 0 Å². The molecule has 0 heterocycles. The van der Waals surface area contributed by atoms with Crippen molar-refractivity contribution < 1.29 is 31.7 Å². The third-order valence-electron chi connectivity index (χ3n) is 2.11. The molecule has 0 saturated heterocycles. The van der Waals surface area contributed by atoms with Crippen LogP contribution < -0.4 is 0 Å². The highest BCUT2D eigenvalue weighted by Crippen LogP contribution is 2.68. The summed E-state index contributed by atoms with van der Waals surface area (Å²) in [6.45, 7) is 8.21. The van der Waals surface area contributed by atoms with Gasteiger partial charge in [0.1, 0.15) is 22.3 Å². The number of alkyl halides is 4. The van der Waals surface area contributed by atoms with E-state index < -0.39 is 43.0 Å². The topological polar surface area (TPSA) is 80.3 Å². The average Bonchev–Trinajstić information content (AvgIpc) is 2.20. The van der Waals surface area contributed by atoms with Crippen LogP contribution in [0.15, 0.2) is 0 Å². The summed E-state index contributed by atoms with van der Waals surface area (Å²) < 4.78 is 51.4. The molecule has 0 spiro atoms. The summed E-state index contributed by atoms with van der Waals surface area (Å²) in [5, 5.41) is -1.81. The summed E-state index contributed by atoms with van der Waals surface area (Å²) in [4.78, 5) is 0. The average molecular weight is 470 g/mol. The quantitative estimate of drug-likeness (QED) is 0.254. The van der Waals surface area contributed by atoms with Crippen LogP contribution in [0.5, 0.6) is 0 Å². The normalized spacial score (nSPS) is 22.9. The van der Waals surface area contributed by atoms with Gasteiger partial charge in [0.2, 0.25) is 0 Å². The largest absolute Gasteiger partial charge is 0.478 e. The molecule has 0 rings (SSSR count). The van der Waals surface area contributed by atoms with Crippen LogP contribution in [0, 0.1) is 0 Å². The molecule has 0 fully saturated rings. The molecule has 0 aliphatic carbocycles. The molecule has 0 bridgehead atoms. The molecule has 0 aromatic heterocycles. The highest BCUT2D eigenvalue weighted by Gasteiger charge is 2.52. The van der Waals surface area contributed by atoms with Crippen molar-refractivity contribution in [1.29, 1.82) is 0 Å². The standard InChI is InChI=1S/C11H22Cl4O7P2/c1-7(12)18-23(16,19-8(2)13)11(5,6)22-24(17,20-9(3)14)21-10(4)15/h7-10H,1-6H3. The molecule has 4 atom stereocenters. The van der Waals surface area contributed by atoms with Gasteiger partial charge in [-0.1, -0.05) is 46.4 Å². The first kappa shape index (κ1) is 25.4. The fourth-order valence-corrected chi connectivity index (χ4v) is 6.04. The van der Waals surface area contributed by atoms with E-state index in [2.05, 4.69) is 0 Å². The van der Waals surface area contributed by atoms with Gasteiger partial charge in [0, 0.05) is 0 Å². The minimum atomic E-state index is -4.32. The second kappa shape index (κ2) is 10.1. The lowest BCUT2D eigenvalue weighted by Gasteiger charge is -2.36. The van der Waals surface area contributed by atoms with Crippen LogP contribution in [-0.2, 0) is 31.7 Å². The van der Waals surface area contributed by atoms with Crippen molar-refractivity contribution in [3.8, 4) is 0 Å². The molecule has 7 nitrogen and oxygen atoms in total. The third kappa shape index (κ3) is 8.88. The second-order valence-electron chi connectivity index (χ2n) is 5.08. The van der Waals surface area contributed by atoms with Crippen LogP contribution in [0.25, 0.3) is 0 Å². The minimum absolute atomic E-state index is 1.01. The number of halogens is 4. The van der Waals surface area contributed by atoms with Crippen LogP contribution in [0.1, 0.15) is 41.5 Å². The van der Waals surface area contributed by atoms with Gasteiger partial charge in [0.25, 0.3) is 0 Å². The van der Waals surface area contributed by atoms with E-state index >= 15 is 0 Å². The van der Waals surface area contributed by atoms with Gasteiger partial charge in [-0.25, -0.2) is 4.57 Å². The summed E-state index contributed by atoms with van der Waals surface area (Å²) >= 11 is 22.9. The van der Waals surface area contributed by atoms with E-state index in [1.165, 1.54) is 41.5 Å².